The smallest absolute Gasteiger partial charge is 0.335 e. The van der Waals surface area contributed by atoms with Crippen LogP contribution in [-0.2, 0) is 10.5 Å². The van der Waals surface area contributed by atoms with Crippen molar-refractivity contribution in [3.63, 3.8) is 0 Å². The number of rotatable bonds is 6. The summed E-state index contributed by atoms with van der Waals surface area (Å²) in [5.74, 6) is -0.185. The Morgan fingerprint density at radius 2 is 2.00 bits per heavy atom. The number of thioether (sulfide) groups is 1. The van der Waals surface area contributed by atoms with Crippen LogP contribution in [0.3, 0.4) is 0 Å². The number of carboxylic acids is 1. The maximum Gasteiger partial charge on any atom is 0.335 e. The molecule has 0 aliphatic rings. The lowest BCUT2D eigenvalue weighted by Gasteiger charge is -2.08. The zero-order valence-corrected chi connectivity index (χ0v) is 14.1. The summed E-state index contributed by atoms with van der Waals surface area (Å²) >= 11 is 7.31. The molecule has 0 fully saturated rings. The summed E-state index contributed by atoms with van der Waals surface area (Å²) in [6.07, 6.45) is 0. The Morgan fingerprint density at radius 3 is 2.70 bits per heavy atom. The van der Waals surface area contributed by atoms with Crippen LogP contribution in [0.2, 0.25) is 5.02 Å². The van der Waals surface area contributed by atoms with E-state index >= 15 is 0 Å². The third-order valence-electron chi connectivity index (χ3n) is 3.14. The predicted molar refractivity (Wildman–Crippen MR) is 94.4 cm³/mol. The molecule has 0 aromatic heterocycles. The fourth-order valence-corrected chi connectivity index (χ4v) is 3.01. The number of carbonyl (C=O) groups is 2. The summed E-state index contributed by atoms with van der Waals surface area (Å²) in [7, 11) is 0. The highest BCUT2D eigenvalue weighted by Gasteiger charge is 2.07. The minimum absolute atomic E-state index is 0.102. The number of aromatic carboxylic acids is 1. The van der Waals surface area contributed by atoms with Gasteiger partial charge in [-0.05, 0) is 48.4 Å². The van der Waals surface area contributed by atoms with E-state index in [4.69, 9.17) is 16.7 Å². The predicted octanol–water partition coefficient (Wildman–Crippen LogP) is 4.22. The number of halogens is 1. The molecule has 120 valence electrons. The van der Waals surface area contributed by atoms with Crippen LogP contribution in [0, 0.1) is 6.92 Å². The molecule has 4 nitrogen and oxygen atoms in total. The van der Waals surface area contributed by atoms with Gasteiger partial charge in [0.2, 0.25) is 5.91 Å². The van der Waals surface area contributed by atoms with Crippen molar-refractivity contribution >= 4 is 40.9 Å². The van der Waals surface area contributed by atoms with E-state index < -0.39 is 5.97 Å². The molecule has 2 rings (SSSR count). The maximum absolute atomic E-state index is 12.0. The molecular formula is C17H16ClNO3S. The Kier molecular flexibility index (Phi) is 6.07. The topological polar surface area (TPSA) is 66.4 Å². The molecule has 0 aliphatic heterocycles. The fourth-order valence-electron chi connectivity index (χ4n) is 2.01. The number of carboxylic acid groups (broad SMARTS) is 1. The zero-order valence-electron chi connectivity index (χ0n) is 12.5. The first-order valence-corrected chi connectivity index (χ1v) is 8.45. The van der Waals surface area contributed by atoms with Crippen LogP contribution in [0.15, 0.2) is 42.5 Å². The van der Waals surface area contributed by atoms with Gasteiger partial charge in [0.05, 0.1) is 11.3 Å². The van der Waals surface area contributed by atoms with Crippen LogP contribution in [0.4, 0.5) is 5.69 Å². The standard InChI is InChI=1S/C17H16ClNO3S/c1-11-7-14(18)5-6-15(11)19-16(20)10-23-9-12-3-2-4-13(8-12)17(21)22/h2-8H,9-10H2,1H3,(H,19,20)(H,21,22). The Labute approximate surface area is 143 Å². The molecule has 0 heterocycles. The van der Waals surface area contributed by atoms with Crippen molar-refractivity contribution in [2.45, 2.75) is 12.7 Å². The van der Waals surface area contributed by atoms with Gasteiger partial charge in [-0.3, -0.25) is 4.79 Å². The normalized spacial score (nSPS) is 10.3. The number of amides is 1. The van der Waals surface area contributed by atoms with Gasteiger partial charge in [0, 0.05) is 16.5 Å². The van der Waals surface area contributed by atoms with Crippen molar-refractivity contribution in [2.75, 3.05) is 11.1 Å². The molecule has 2 aromatic carbocycles. The third kappa shape index (κ3) is 5.30. The van der Waals surface area contributed by atoms with Crippen molar-refractivity contribution in [1.82, 2.24) is 0 Å². The minimum atomic E-state index is -0.951. The number of aryl methyl sites for hydroxylation is 1. The fraction of sp³-hybridized carbons (Fsp3) is 0.176. The lowest BCUT2D eigenvalue weighted by Crippen LogP contribution is -2.15. The summed E-state index contributed by atoms with van der Waals surface area (Å²) < 4.78 is 0. The van der Waals surface area contributed by atoms with Crippen LogP contribution >= 0.6 is 23.4 Å². The minimum Gasteiger partial charge on any atom is -0.478 e. The van der Waals surface area contributed by atoms with Crippen LogP contribution in [0.1, 0.15) is 21.5 Å². The van der Waals surface area contributed by atoms with Gasteiger partial charge in [-0.25, -0.2) is 4.79 Å². The first-order chi connectivity index (χ1) is 11.0. The molecular weight excluding hydrogens is 334 g/mol. The van der Waals surface area contributed by atoms with Gasteiger partial charge in [-0.2, -0.15) is 0 Å². The SMILES string of the molecule is Cc1cc(Cl)ccc1NC(=O)CSCc1cccc(C(=O)O)c1. The van der Waals surface area contributed by atoms with E-state index in [-0.39, 0.29) is 11.5 Å². The van der Waals surface area contributed by atoms with Crippen LogP contribution in [0.5, 0.6) is 0 Å². The van der Waals surface area contributed by atoms with E-state index in [9.17, 15) is 9.59 Å². The number of benzene rings is 2. The van der Waals surface area contributed by atoms with Gasteiger partial charge < -0.3 is 10.4 Å². The van der Waals surface area contributed by atoms with Gasteiger partial charge in [0.25, 0.3) is 0 Å². The molecule has 0 radical (unpaired) electrons. The first kappa shape index (κ1) is 17.4. The summed E-state index contributed by atoms with van der Waals surface area (Å²) in [4.78, 5) is 22.9. The molecule has 0 saturated carbocycles. The van der Waals surface area contributed by atoms with Gasteiger partial charge >= 0.3 is 5.97 Å². The molecule has 0 aliphatic carbocycles. The quantitative estimate of drug-likeness (QED) is 0.819. The molecule has 2 N–H and O–H groups in total. The zero-order chi connectivity index (χ0) is 16.8. The van der Waals surface area contributed by atoms with E-state index in [1.165, 1.54) is 11.8 Å². The first-order valence-electron chi connectivity index (χ1n) is 6.91. The Balaban J connectivity index is 1.85. The Hall–Kier alpha value is -1.98. The summed E-state index contributed by atoms with van der Waals surface area (Å²) in [6, 6.07) is 12.0. The van der Waals surface area contributed by atoms with Crippen LogP contribution < -0.4 is 5.32 Å². The molecule has 6 heteroatoms. The van der Waals surface area contributed by atoms with Crippen LogP contribution in [0.25, 0.3) is 0 Å². The second-order valence-corrected chi connectivity index (χ2v) is 6.43. The average Bonchev–Trinajstić information content (AvgIpc) is 2.50. The lowest BCUT2D eigenvalue weighted by molar-refractivity contribution is -0.113. The van der Waals surface area contributed by atoms with Gasteiger partial charge in [0.1, 0.15) is 0 Å². The van der Waals surface area contributed by atoms with Gasteiger partial charge in [-0.1, -0.05) is 23.7 Å². The lowest BCUT2D eigenvalue weighted by atomic mass is 10.1. The molecule has 0 unspecified atom stereocenters. The van der Waals surface area contributed by atoms with E-state index in [0.29, 0.717) is 16.5 Å². The number of anilines is 1. The summed E-state index contributed by atoms with van der Waals surface area (Å²) in [5, 5.41) is 12.4. The second-order valence-electron chi connectivity index (χ2n) is 5.01. The van der Waals surface area contributed by atoms with Gasteiger partial charge in [-0.15, -0.1) is 11.8 Å². The summed E-state index contributed by atoms with van der Waals surface area (Å²) in [5.41, 5.74) is 2.78. The average molecular weight is 350 g/mol. The Bertz CT molecular complexity index is 734. The number of hydrogen-bond donors (Lipinski definition) is 2. The number of nitrogens with one attached hydrogen (secondary N) is 1. The maximum atomic E-state index is 12.0. The number of hydrogen-bond acceptors (Lipinski definition) is 3. The van der Waals surface area contributed by atoms with Crippen molar-refractivity contribution < 1.29 is 14.7 Å². The van der Waals surface area contributed by atoms with Crippen molar-refractivity contribution in [3.8, 4) is 0 Å². The van der Waals surface area contributed by atoms with Gasteiger partial charge in [0.15, 0.2) is 0 Å². The monoisotopic (exact) mass is 349 g/mol. The largest absolute Gasteiger partial charge is 0.478 e. The second kappa shape index (κ2) is 8.04. The molecule has 23 heavy (non-hydrogen) atoms. The Morgan fingerprint density at radius 1 is 1.22 bits per heavy atom. The highest BCUT2D eigenvalue weighted by molar-refractivity contribution is 7.99. The van der Waals surface area contributed by atoms with Crippen molar-refractivity contribution in [3.05, 3.63) is 64.2 Å². The molecule has 0 atom stereocenters. The van der Waals surface area contributed by atoms with E-state index in [0.717, 1.165) is 16.8 Å². The number of carbonyl (C=O) groups excluding carboxylic acids is 1. The molecule has 0 saturated heterocycles. The summed E-state index contributed by atoms with van der Waals surface area (Å²) in [6.45, 7) is 1.88. The van der Waals surface area contributed by atoms with E-state index in [1.807, 2.05) is 13.0 Å². The highest BCUT2D eigenvalue weighted by atomic mass is 35.5. The molecule has 0 bridgehead atoms. The van der Waals surface area contributed by atoms with Crippen molar-refractivity contribution in [2.24, 2.45) is 0 Å². The van der Waals surface area contributed by atoms with Crippen LogP contribution in [-0.4, -0.2) is 22.7 Å². The molecule has 0 spiro atoms. The van der Waals surface area contributed by atoms with E-state index in [1.54, 1.807) is 36.4 Å². The van der Waals surface area contributed by atoms with E-state index in [2.05, 4.69) is 5.32 Å². The molecule has 1 amide bonds. The highest BCUT2D eigenvalue weighted by Crippen LogP contribution is 2.20. The van der Waals surface area contributed by atoms with Crippen molar-refractivity contribution in [1.29, 1.82) is 0 Å². The molecule has 2 aromatic rings. The third-order valence-corrected chi connectivity index (χ3v) is 4.38.